The van der Waals surface area contributed by atoms with Gasteiger partial charge in [0.25, 0.3) is 0 Å². The maximum absolute atomic E-state index is 12.4. The molecule has 0 saturated heterocycles. The highest BCUT2D eigenvalue weighted by atomic mass is 16.5. The second-order valence-corrected chi connectivity index (χ2v) is 6.93. The van der Waals surface area contributed by atoms with Crippen LogP contribution in [0.25, 0.3) is 11.3 Å². The molecule has 0 unspecified atom stereocenters. The Hall–Kier alpha value is -3.41. The molecule has 1 amide bonds. The summed E-state index contributed by atoms with van der Waals surface area (Å²) in [6.45, 7) is 0.598. The van der Waals surface area contributed by atoms with E-state index in [0.717, 1.165) is 23.4 Å². The maximum Gasteiger partial charge on any atom is 0.335 e. The summed E-state index contributed by atoms with van der Waals surface area (Å²) in [6, 6.07) is 18.6. The molecule has 3 rings (SSSR count). The molecule has 1 heterocycles. The zero-order valence-corrected chi connectivity index (χ0v) is 16.4. The summed E-state index contributed by atoms with van der Waals surface area (Å²) in [6.07, 6.45) is 2.14. The molecule has 1 aromatic heterocycles. The number of carbonyl (C=O) groups is 2. The summed E-state index contributed by atoms with van der Waals surface area (Å²) in [5.41, 5.74) is 2.75. The van der Waals surface area contributed by atoms with Crippen LogP contribution in [0.5, 0.6) is 0 Å². The van der Waals surface area contributed by atoms with Gasteiger partial charge < -0.3 is 14.5 Å². The lowest BCUT2D eigenvalue weighted by atomic mass is 10.0. The number of carbonyl (C=O) groups excluding carboxylic acids is 1. The van der Waals surface area contributed by atoms with Gasteiger partial charge in [-0.3, -0.25) is 4.79 Å². The normalized spacial score (nSPS) is 10.7. The van der Waals surface area contributed by atoms with E-state index in [9.17, 15) is 14.7 Å². The van der Waals surface area contributed by atoms with Gasteiger partial charge in [-0.05, 0) is 24.5 Å². The Bertz CT molecular complexity index is 966. The monoisotopic (exact) mass is 392 g/mol. The molecule has 0 spiro atoms. The van der Waals surface area contributed by atoms with E-state index in [0.29, 0.717) is 24.9 Å². The first-order valence-corrected chi connectivity index (χ1v) is 9.61. The van der Waals surface area contributed by atoms with Crippen LogP contribution in [0.3, 0.4) is 0 Å². The van der Waals surface area contributed by atoms with Gasteiger partial charge in [-0.15, -0.1) is 0 Å². The third-order valence-electron chi connectivity index (χ3n) is 4.83. The van der Waals surface area contributed by atoms with E-state index < -0.39 is 5.97 Å². The minimum absolute atomic E-state index is 0.00673. The molecule has 6 nitrogen and oxygen atoms in total. The Balaban J connectivity index is 1.45. The molecule has 0 bridgehead atoms. The molecule has 0 fully saturated rings. The quantitative estimate of drug-likeness (QED) is 0.594. The van der Waals surface area contributed by atoms with E-state index in [1.807, 2.05) is 36.4 Å². The fourth-order valence-electron chi connectivity index (χ4n) is 3.17. The van der Waals surface area contributed by atoms with Crippen LogP contribution >= 0.6 is 0 Å². The van der Waals surface area contributed by atoms with Gasteiger partial charge in [0.05, 0.1) is 5.56 Å². The molecule has 29 heavy (non-hydrogen) atoms. The first kappa shape index (κ1) is 20.3. The maximum atomic E-state index is 12.4. The number of aromatic nitrogens is 1. The third kappa shape index (κ3) is 5.54. The molecular formula is C23H24N2O4. The van der Waals surface area contributed by atoms with Gasteiger partial charge in [-0.1, -0.05) is 53.7 Å². The smallest absolute Gasteiger partial charge is 0.335 e. The van der Waals surface area contributed by atoms with E-state index in [4.69, 9.17) is 4.52 Å². The lowest BCUT2D eigenvalue weighted by molar-refractivity contribution is -0.129. The Labute approximate surface area is 169 Å². The van der Waals surface area contributed by atoms with Crippen molar-refractivity contribution in [3.8, 4) is 11.3 Å². The highest BCUT2D eigenvalue weighted by Gasteiger charge is 2.13. The van der Waals surface area contributed by atoms with Crippen LogP contribution < -0.4 is 0 Å². The SMILES string of the molecule is CN(CCCc1cc(-c2ccccc2)no1)C(=O)CCc1ccccc1C(=O)O. The van der Waals surface area contributed by atoms with Crippen molar-refractivity contribution < 1.29 is 19.2 Å². The van der Waals surface area contributed by atoms with Crippen molar-refractivity contribution in [2.45, 2.75) is 25.7 Å². The Morgan fingerprint density at radius 2 is 1.76 bits per heavy atom. The number of aromatic carboxylic acids is 1. The van der Waals surface area contributed by atoms with Crippen molar-refractivity contribution >= 4 is 11.9 Å². The second kappa shape index (κ2) is 9.68. The highest BCUT2D eigenvalue weighted by molar-refractivity contribution is 5.89. The van der Waals surface area contributed by atoms with Gasteiger partial charge in [0, 0.05) is 38.1 Å². The molecule has 2 aromatic carbocycles. The van der Waals surface area contributed by atoms with Gasteiger partial charge in [-0.2, -0.15) is 0 Å². The lowest BCUT2D eigenvalue weighted by Gasteiger charge is -2.17. The topological polar surface area (TPSA) is 83.6 Å². The average Bonchev–Trinajstić information content (AvgIpc) is 3.21. The highest BCUT2D eigenvalue weighted by Crippen LogP contribution is 2.19. The van der Waals surface area contributed by atoms with Crippen molar-refractivity contribution in [1.82, 2.24) is 10.1 Å². The van der Waals surface area contributed by atoms with Crippen molar-refractivity contribution in [2.24, 2.45) is 0 Å². The molecule has 0 aliphatic carbocycles. The van der Waals surface area contributed by atoms with E-state index in [-0.39, 0.29) is 17.9 Å². The van der Waals surface area contributed by atoms with E-state index >= 15 is 0 Å². The predicted molar refractivity (Wildman–Crippen MR) is 110 cm³/mol. The summed E-state index contributed by atoms with van der Waals surface area (Å²) < 4.78 is 5.39. The van der Waals surface area contributed by atoms with Crippen molar-refractivity contribution in [2.75, 3.05) is 13.6 Å². The number of aryl methyl sites for hydroxylation is 2. The standard InChI is InChI=1S/C23H24N2O4/c1-25(22(26)14-13-17-8-5-6-12-20(17)23(27)28)15-7-11-19-16-21(24-29-19)18-9-3-2-4-10-18/h2-6,8-10,12,16H,7,11,13-15H2,1H3,(H,27,28). The Kier molecular flexibility index (Phi) is 6.79. The Morgan fingerprint density at radius 1 is 1.03 bits per heavy atom. The molecular weight excluding hydrogens is 368 g/mol. The van der Waals surface area contributed by atoms with Gasteiger partial charge in [0.1, 0.15) is 11.5 Å². The first-order chi connectivity index (χ1) is 14.0. The number of rotatable bonds is 9. The number of hydrogen-bond acceptors (Lipinski definition) is 4. The molecule has 0 radical (unpaired) electrons. The summed E-state index contributed by atoms with van der Waals surface area (Å²) >= 11 is 0. The van der Waals surface area contributed by atoms with Crippen LogP contribution in [-0.4, -0.2) is 40.6 Å². The summed E-state index contributed by atoms with van der Waals surface area (Å²) in [7, 11) is 1.77. The van der Waals surface area contributed by atoms with Crippen LogP contribution in [-0.2, 0) is 17.6 Å². The van der Waals surface area contributed by atoms with Gasteiger partial charge in [0.15, 0.2) is 0 Å². The van der Waals surface area contributed by atoms with Gasteiger partial charge in [-0.25, -0.2) is 4.79 Å². The number of amides is 1. The largest absolute Gasteiger partial charge is 0.478 e. The minimum atomic E-state index is -0.969. The summed E-state index contributed by atoms with van der Waals surface area (Å²) in [5, 5.41) is 13.3. The van der Waals surface area contributed by atoms with E-state index in [1.54, 1.807) is 36.2 Å². The number of carboxylic acids is 1. The fraction of sp³-hybridized carbons (Fsp3) is 0.261. The molecule has 150 valence electrons. The number of hydrogen-bond donors (Lipinski definition) is 1. The number of carboxylic acid groups (broad SMARTS) is 1. The number of benzene rings is 2. The van der Waals surface area contributed by atoms with Crippen LogP contribution in [0.15, 0.2) is 65.2 Å². The summed E-state index contributed by atoms with van der Waals surface area (Å²) in [4.78, 5) is 25.3. The predicted octanol–water partition coefficient (Wildman–Crippen LogP) is 4.06. The van der Waals surface area contributed by atoms with Crippen molar-refractivity contribution in [3.05, 3.63) is 77.6 Å². The second-order valence-electron chi connectivity index (χ2n) is 6.93. The molecule has 6 heteroatoms. The van der Waals surface area contributed by atoms with Crippen LogP contribution in [0, 0.1) is 0 Å². The van der Waals surface area contributed by atoms with Crippen molar-refractivity contribution in [3.63, 3.8) is 0 Å². The zero-order valence-electron chi connectivity index (χ0n) is 16.4. The van der Waals surface area contributed by atoms with Crippen molar-refractivity contribution in [1.29, 1.82) is 0 Å². The molecule has 0 atom stereocenters. The molecule has 3 aromatic rings. The van der Waals surface area contributed by atoms with Gasteiger partial charge >= 0.3 is 5.97 Å². The van der Waals surface area contributed by atoms with E-state index in [1.165, 1.54) is 0 Å². The Morgan fingerprint density at radius 3 is 2.52 bits per heavy atom. The minimum Gasteiger partial charge on any atom is -0.478 e. The van der Waals surface area contributed by atoms with Gasteiger partial charge in [0.2, 0.25) is 5.91 Å². The van der Waals surface area contributed by atoms with Crippen LogP contribution in [0.4, 0.5) is 0 Å². The molecule has 1 N–H and O–H groups in total. The average molecular weight is 392 g/mol. The number of nitrogens with zero attached hydrogens (tertiary/aromatic N) is 2. The fourth-order valence-corrected chi connectivity index (χ4v) is 3.17. The third-order valence-corrected chi connectivity index (χ3v) is 4.83. The zero-order chi connectivity index (χ0) is 20.6. The van der Waals surface area contributed by atoms with E-state index in [2.05, 4.69) is 5.16 Å². The molecule has 0 aliphatic heterocycles. The van der Waals surface area contributed by atoms with Crippen LogP contribution in [0.1, 0.15) is 34.5 Å². The first-order valence-electron chi connectivity index (χ1n) is 9.61. The van der Waals surface area contributed by atoms with Crippen LogP contribution in [0.2, 0.25) is 0 Å². The summed E-state index contributed by atoms with van der Waals surface area (Å²) in [5.74, 6) is -0.184. The molecule has 0 saturated carbocycles. The lowest BCUT2D eigenvalue weighted by Crippen LogP contribution is -2.28. The molecule has 0 aliphatic rings.